The van der Waals surface area contributed by atoms with Gasteiger partial charge in [-0.1, -0.05) is 71.8 Å². The topological polar surface area (TPSA) is 273 Å². The number of methoxy groups -OCH3 is 1. The Hall–Kier alpha value is -4.67. The van der Waals surface area contributed by atoms with Crippen LogP contribution in [0.3, 0.4) is 0 Å². The van der Waals surface area contributed by atoms with Crippen LogP contribution in [0.4, 0.5) is 9.59 Å². The number of esters is 2. The Morgan fingerprint density at radius 2 is 1.51 bits per heavy atom. The molecule has 20 heteroatoms. The van der Waals surface area contributed by atoms with Crippen LogP contribution in [0.2, 0.25) is 0 Å². The maximum absolute atomic E-state index is 14.3. The molecule has 4 aliphatic carbocycles. The Morgan fingerprint density at radius 1 is 0.833 bits per heavy atom. The summed E-state index contributed by atoms with van der Waals surface area (Å²) in [7, 11) is 1.47. The fraction of sp³-hybridized carbons (Fsp3) is 0.741. The number of carbonyl (C=O) groups excluding carboxylic acids is 5. The molecule has 78 heavy (non-hydrogen) atoms. The minimum absolute atomic E-state index is 0.0705. The Kier molecular flexibility index (Phi) is 20.9. The summed E-state index contributed by atoms with van der Waals surface area (Å²) in [6.07, 6.45) is -3.13. The number of ether oxygens (including phenoxy) is 9. The first-order valence-corrected chi connectivity index (χ1v) is 28.2. The first-order valence-electron chi connectivity index (χ1n) is 28.2. The summed E-state index contributed by atoms with van der Waals surface area (Å²) in [4.78, 5) is 65.9. The Labute approximate surface area is 458 Å². The number of hydrogen-bond acceptors (Lipinski definition) is 18. The highest BCUT2D eigenvalue weighted by atomic mass is 16.8. The third-order valence-electron chi connectivity index (χ3n) is 18.0. The Bertz CT molecular complexity index is 2260. The van der Waals surface area contributed by atoms with E-state index in [1.165, 1.54) is 37.8 Å². The molecule has 5 fully saturated rings. The number of aliphatic hydroxyl groups is 4. The third-order valence-corrected chi connectivity index (χ3v) is 18.0. The number of nitrogens with one attached hydrogen (secondary N) is 2. The summed E-state index contributed by atoms with van der Waals surface area (Å²) in [6.45, 7) is 14.8. The Morgan fingerprint density at radius 3 is 2.18 bits per heavy atom. The number of aliphatic hydroxyl groups excluding tert-OH is 3. The monoisotopic (exact) mass is 1100 g/mol. The SMILES string of the molecule is C=CCOC(=O)NCCCCCCNC(=O)OC1COC(OC2C(O)COC(OC3C[C@H]4C5CC=C6CC(O)CCC6(C)C5CCC4(C)[C@@]3(O)[C@H](C)C(=O)CCC(C)C)C2OC(C)=O)C(OC(=O)c2ccc(OC)cc2)C1O. The predicted octanol–water partition coefficient (Wildman–Crippen LogP) is 6.23. The number of carbonyl (C=O) groups is 5. The van der Waals surface area contributed by atoms with Gasteiger partial charge in [-0.3, -0.25) is 9.59 Å². The number of unbranched alkanes of at least 4 members (excludes halogenated alkanes) is 3. The second-order valence-electron chi connectivity index (χ2n) is 23.3. The van der Waals surface area contributed by atoms with Crippen molar-refractivity contribution in [2.24, 2.45) is 40.4 Å². The molecule has 6 N–H and O–H groups in total. The summed E-state index contributed by atoms with van der Waals surface area (Å²) < 4.78 is 53.2. The first kappa shape index (κ1) is 61.0. The molecule has 14 unspecified atom stereocenters. The highest BCUT2D eigenvalue weighted by Gasteiger charge is 2.70. The molecule has 436 valence electrons. The molecule has 17 atom stereocenters. The van der Waals surface area contributed by atoms with Crippen LogP contribution in [-0.2, 0) is 47.5 Å². The van der Waals surface area contributed by atoms with E-state index in [1.807, 2.05) is 13.8 Å². The van der Waals surface area contributed by atoms with Crippen LogP contribution in [-0.4, -0.2) is 157 Å². The number of Topliss-reactive ketones (excluding diaryl/α,β-unsaturated/α-hetero) is 1. The van der Waals surface area contributed by atoms with E-state index < -0.39 is 110 Å². The van der Waals surface area contributed by atoms with Gasteiger partial charge in [-0.05, 0) is 118 Å². The summed E-state index contributed by atoms with van der Waals surface area (Å²) in [6, 6.07) is 5.99. The van der Waals surface area contributed by atoms with E-state index in [2.05, 4.69) is 37.1 Å². The van der Waals surface area contributed by atoms with Crippen LogP contribution < -0.4 is 15.4 Å². The number of fused-ring (bicyclic) bond motifs is 5. The van der Waals surface area contributed by atoms with E-state index in [0.29, 0.717) is 57.2 Å². The second-order valence-corrected chi connectivity index (χ2v) is 23.3. The fourth-order valence-electron chi connectivity index (χ4n) is 13.5. The lowest BCUT2D eigenvalue weighted by Gasteiger charge is -2.59. The van der Waals surface area contributed by atoms with Crippen molar-refractivity contribution in [3.8, 4) is 5.75 Å². The van der Waals surface area contributed by atoms with Crippen molar-refractivity contribution in [1.82, 2.24) is 10.6 Å². The van der Waals surface area contributed by atoms with E-state index in [0.717, 1.165) is 32.1 Å². The van der Waals surface area contributed by atoms with Gasteiger partial charge in [0, 0.05) is 37.8 Å². The van der Waals surface area contributed by atoms with Gasteiger partial charge >= 0.3 is 24.1 Å². The van der Waals surface area contributed by atoms with Crippen molar-refractivity contribution in [2.45, 2.75) is 192 Å². The zero-order valence-electron chi connectivity index (χ0n) is 46.6. The van der Waals surface area contributed by atoms with Crippen LogP contribution in [0.25, 0.3) is 0 Å². The number of benzene rings is 1. The van der Waals surface area contributed by atoms with Gasteiger partial charge in [-0.2, -0.15) is 0 Å². The fourth-order valence-corrected chi connectivity index (χ4v) is 13.5. The average Bonchev–Trinajstić information content (AvgIpc) is 3.64. The maximum atomic E-state index is 14.3. The molecule has 0 bridgehead atoms. The molecule has 20 nitrogen and oxygen atoms in total. The molecule has 7 rings (SSSR count). The number of hydrogen-bond donors (Lipinski definition) is 6. The van der Waals surface area contributed by atoms with Gasteiger partial charge in [0.25, 0.3) is 0 Å². The molecule has 6 aliphatic rings. The van der Waals surface area contributed by atoms with Gasteiger partial charge in [0.15, 0.2) is 30.9 Å². The van der Waals surface area contributed by atoms with Crippen molar-refractivity contribution in [1.29, 1.82) is 0 Å². The summed E-state index contributed by atoms with van der Waals surface area (Å²) in [5.74, 6) is -1.63. The number of alkyl carbamates (subject to hydrolysis) is 2. The summed E-state index contributed by atoms with van der Waals surface area (Å²) in [5.41, 5.74) is -1.27. The molecule has 2 heterocycles. The standard InChI is InChI=1S/C58H86N2O18/c1-9-28-71-54(67)59-26-12-10-11-13-27-60-55(68)75-45-32-73-52(49(47(45)65)77-51(66)36-15-18-39(70-8)19-16-36)78-48-44(64)31-72-53(50(48)74-35(5)61)76-46-30-42-40-20-17-37-29-38(62)22-24-56(37,6)41(40)23-25-57(42,7)58(46,69)34(4)43(63)21-14-33(2)3/h9,15-19,33-34,38,40-42,44-50,52-53,62,64-65,69H,1,10-14,20-32H2,2-8H3,(H,59,67)(H,60,68)/t34-,38?,40?,41?,42+,44?,45?,46?,47?,48?,49?,50?,52?,53?,56?,57?,58-/m1/s1. The van der Waals surface area contributed by atoms with Gasteiger partial charge < -0.3 is 73.7 Å². The lowest BCUT2D eigenvalue weighted by Crippen LogP contribution is -2.64. The van der Waals surface area contributed by atoms with Crippen LogP contribution in [0.1, 0.15) is 135 Å². The van der Waals surface area contributed by atoms with Crippen molar-refractivity contribution in [3.05, 3.63) is 54.1 Å². The van der Waals surface area contributed by atoms with Crippen molar-refractivity contribution >= 4 is 29.9 Å². The molecule has 2 saturated heterocycles. The molecule has 0 aromatic heterocycles. The van der Waals surface area contributed by atoms with E-state index in [9.17, 15) is 44.4 Å². The first-order chi connectivity index (χ1) is 37.1. The van der Waals surface area contributed by atoms with Crippen molar-refractivity contribution < 1.29 is 87.0 Å². The van der Waals surface area contributed by atoms with Gasteiger partial charge in [0.2, 0.25) is 0 Å². The minimum Gasteiger partial charge on any atom is -0.497 e. The molecule has 1 aromatic carbocycles. The Balaban J connectivity index is 1.10. The smallest absolute Gasteiger partial charge is 0.407 e. The lowest BCUT2D eigenvalue weighted by atomic mass is 9.46. The number of amides is 2. The normalized spacial score (nSPS) is 35.6. The number of rotatable bonds is 23. The second kappa shape index (κ2) is 26.7. The lowest BCUT2D eigenvalue weighted by molar-refractivity contribution is -0.345. The molecule has 2 amide bonds. The van der Waals surface area contributed by atoms with Crippen molar-refractivity contribution in [3.63, 3.8) is 0 Å². The van der Waals surface area contributed by atoms with E-state index >= 15 is 0 Å². The molecule has 0 spiro atoms. The summed E-state index contributed by atoms with van der Waals surface area (Å²) in [5, 5.41) is 53.2. The predicted molar refractivity (Wildman–Crippen MR) is 282 cm³/mol. The molecule has 2 aliphatic heterocycles. The molecule has 3 saturated carbocycles. The van der Waals surface area contributed by atoms with E-state index in [4.69, 9.17) is 42.6 Å². The van der Waals surface area contributed by atoms with Gasteiger partial charge in [0.05, 0.1) is 38.1 Å². The highest BCUT2D eigenvalue weighted by molar-refractivity contribution is 5.89. The van der Waals surface area contributed by atoms with Gasteiger partial charge in [0.1, 0.15) is 42.1 Å². The minimum atomic E-state index is -1.75. The number of ketones is 1. The van der Waals surface area contributed by atoms with Gasteiger partial charge in [-0.15, -0.1) is 0 Å². The zero-order chi connectivity index (χ0) is 56.5. The highest BCUT2D eigenvalue weighted by Crippen LogP contribution is 2.69. The van der Waals surface area contributed by atoms with Crippen LogP contribution in [0.5, 0.6) is 5.75 Å². The molecule has 0 radical (unpaired) electrons. The molecular weight excluding hydrogens is 1010 g/mol. The maximum Gasteiger partial charge on any atom is 0.407 e. The van der Waals surface area contributed by atoms with E-state index in [-0.39, 0.29) is 66.1 Å². The van der Waals surface area contributed by atoms with Crippen LogP contribution >= 0.6 is 0 Å². The summed E-state index contributed by atoms with van der Waals surface area (Å²) >= 11 is 0. The van der Waals surface area contributed by atoms with Crippen LogP contribution in [0.15, 0.2) is 48.6 Å². The largest absolute Gasteiger partial charge is 0.497 e. The zero-order valence-corrected chi connectivity index (χ0v) is 46.6. The quantitative estimate of drug-likeness (QED) is 0.0307. The van der Waals surface area contributed by atoms with Crippen molar-refractivity contribution in [2.75, 3.05) is 40.0 Å². The molecule has 1 aromatic rings. The third kappa shape index (κ3) is 13.6. The molecular formula is C58H86N2O18. The van der Waals surface area contributed by atoms with E-state index in [1.54, 1.807) is 19.1 Å². The number of allylic oxidation sites excluding steroid dienone is 1. The van der Waals surface area contributed by atoms with Crippen LogP contribution in [0, 0.1) is 40.4 Å². The van der Waals surface area contributed by atoms with Gasteiger partial charge in [-0.25, -0.2) is 14.4 Å². The average molecular weight is 1100 g/mol.